The van der Waals surface area contributed by atoms with Crippen molar-refractivity contribution >= 4 is 17.8 Å². The van der Waals surface area contributed by atoms with Crippen LogP contribution in [0.3, 0.4) is 0 Å². The second-order valence-corrected chi connectivity index (χ2v) is 4.67. The van der Waals surface area contributed by atoms with Crippen molar-refractivity contribution in [2.45, 2.75) is 13.8 Å². The molecule has 0 aliphatic rings. The molecule has 2 amide bonds. The van der Waals surface area contributed by atoms with Gasteiger partial charge in [-0.05, 0) is 38.1 Å². The minimum atomic E-state index is -0.438. The number of benzene rings is 1. The van der Waals surface area contributed by atoms with Gasteiger partial charge in [-0.1, -0.05) is 0 Å². The molecule has 126 valence electrons. The quantitative estimate of drug-likeness (QED) is 0.717. The molecule has 0 atom stereocenters. The molecule has 1 rings (SSSR count). The maximum atomic E-state index is 12.1. The number of amides is 2. The molecule has 7 nitrogen and oxygen atoms in total. The number of esters is 1. The number of hydrogen-bond acceptors (Lipinski definition) is 5. The van der Waals surface area contributed by atoms with Crippen molar-refractivity contribution in [3.63, 3.8) is 0 Å². The average Bonchev–Trinajstić information content (AvgIpc) is 2.57. The van der Waals surface area contributed by atoms with Crippen LogP contribution in [0.1, 0.15) is 24.2 Å². The van der Waals surface area contributed by atoms with Gasteiger partial charge in [-0.3, -0.25) is 9.59 Å². The summed E-state index contributed by atoms with van der Waals surface area (Å²) in [5.41, 5.74) is 0.401. The summed E-state index contributed by atoms with van der Waals surface area (Å²) in [7, 11) is 1.30. The number of rotatable bonds is 8. The van der Waals surface area contributed by atoms with E-state index in [2.05, 4.69) is 10.1 Å². The highest BCUT2D eigenvalue weighted by atomic mass is 16.5. The maximum Gasteiger partial charge on any atom is 0.337 e. The van der Waals surface area contributed by atoms with E-state index in [4.69, 9.17) is 4.74 Å². The van der Waals surface area contributed by atoms with Crippen molar-refractivity contribution in [1.29, 1.82) is 0 Å². The molecule has 0 unspecified atom stereocenters. The third-order valence-corrected chi connectivity index (χ3v) is 3.08. The van der Waals surface area contributed by atoms with Crippen LogP contribution in [0.25, 0.3) is 0 Å². The minimum Gasteiger partial charge on any atom is -0.484 e. The standard InChI is InChI=1S/C16H22N2O5/c1-4-17-14(19)10-18(5-2)15(20)11-23-13-8-6-12(7-9-13)16(21)22-3/h6-9H,4-5,10-11H2,1-3H3,(H,17,19). The Kier molecular flexibility index (Phi) is 7.59. The van der Waals surface area contributed by atoms with Crippen LogP contribution in [0.2, 0.25) is 0 Å². The van der Waals surface area contributed by atoms with E-state index in [1.165, 1.54) is 12.0 Å². The van der Waals surface area contributed by atoms with E-state index in [0.717, 1.165) is 0 Å². The zero-order valence-corrected chi connectivity index (χ0v) is 13.6. The third kappa shape index (κ3) is 5.98. The lowest BCUT2D eigenvalue weighted by Gasteiger charge is -2.20. The molecule has 0 radical (unpaired) electrons. The monoisotopic (exact) mass is 322 g/mol. The molecule has 0 aromatic heterocycles. The van der Waals surface area contributed by atoms with E-state index in [1.807, 2.05) is 6.92 Å². The lowest BCUT2D eigenvalue weighted by molar-refractivity contribution is -0.137. The van der Waals surface area contributed by atoms with Gasteiger partial charge in [-0.2, -0.15) is 0 Å². The largest absolute Gasteiger partial charge is 0.484 e. The van der Waals surface area contributed by atoms with Gasteiger partial charge in [0.05, 0.1) is 19.2 Å². The molecule has 7 heteroatoms. The summed E-state index contributed by atoms with van der Waals surface area (Å²) >= 11 is 0. The smallest absolute Gasteiger partial charge is 0.337 e. The Morgan fingerprint density at radius 1 is 1.13 bits per heavy atom. The summed E-state index contributed by atoms with van der Waals surface area (Å²) in [6.07, 6.45) is 0. The highest BCUT2D eigenvalue weighted by Crippen LogP contribution is 2.13. The van der Waals surface area contributed by atoms with Crippen LogP contribution in [0.15, 0.2) is 24.3 Å². The van der Waals surface area contributed by atoms with E-state index >= 15 is 0 Å². The van der Waals surface area contributed by atoms with Crippen molar-refractivity contribution in [2.24, 2.45) is 0 Å². The van der Waals surface area contributed by atoms with Crippen LogP contribution in [0.5, 0.6) is 5.75 Å². The Labute approximate surface area is 135 Å². The minimum absolute atomic E-state index is 0.00775. The molecule has 1 N–H and O–H groups in total. The number of likely N-dealkylation sites (N-methyl/N-ethyl adjacent to an activating group) is 2. The van der Waals surface area contributed by atoms with Crippen LogP contribution in [-0.2, 0) is 14.3 Å². The number of nitrogens with one attached hydrogen (secondary N) is 1. The highest BCUT2D eigenvalue weighted by Gasteiger charge is 2.15. The molecule has 0 bridgehead atoms. The van der Waals surface area contributed by atoms with E-state index in [9.17, 15) is 14.4 Å². The predicted octanol–water partition coefficient (Wildman–Crippen LogP) is 0.837. The van der Waals surface area contributed by atoms with Gasteiger partial charge in [0.15, 0.2) is 6.61 Å². The molecule has 0 saturated carbocycles. The summed E-state index contributed by atoms with van der Waals surface area (Å²) in [6.45, 7) is 4.38. The van der Waals surface area contributed by atoms with E-state index in [0.29, 0.717) is 24.4 Å². The molecule has 0 heterocycles. The first-order valence-corrected chi connectivity index (χ1v) is 7.37. The van der Waals surface area contributed by atoms with E-state index < -0.39 is 5.97 Å². The summed E-state index contributed by atoms with van der Waals surface area (Å²) in [5.74, 6) is -0.465. The highest BCUT2D eigenvalue weighted by molar-refractivity contribution is 5.89. The van der Waals surface area contributed by atoms with Crippen molar-refractivity contribution in [1.82, 2.24) is 10.2 Å². The lowest BCUT2D eigenvalue weighted by atomic mass is 10.2. The first kappa shape index (κ1) is 18.5. The second kappa shape index (κ2) is 9.45. The fourth-order valence-electron chi connectivity index (χ4n) is 1.84. The Balaban J connectivity index is 2.53. The zero-order valence-electron chi connectivity index (χ0n) is 13.6. The summed E-state index contributed by atoms with van der Waals surface area (Å²) in [4.78, 5) is 36.3. The molecule has 0 aliphatic heterocycles. The van der Waals surface area contributed by atoms with Crippen LogP contribution >= 0.6 is 0 Å². The van der Waals surface area contributed by atoms with Crippen LogP contribution in [0, 0.1) is 0 Å². The predicted molar refractivity (Wildman–Crippen MR) is 84.2 cm³/mol. The maximum absolute atomic E-state index is 12.1. The van der Waals surface area contributed by atoms with Crippen molar-refractivity contribution in [3.05, 3.63) is 29.8 Å². The molecule has 0 aliphatic carbocycles. The van der Waals surface area contributed by atoms with Gasteiger partial charge in [0.25, 0.3) is 5.91 Å². The summed E-state index contributed by atoms with van der Waals surface area (Å²) in [5, 5.41) is 2.64. The van der Waals surface area contributed by atoms with Gasteiger partial charge < -0.3 is 19.7 Å². The van der Waals surface area contributed by atoms with Crippen molar-refractivity contribution in [3.8, 4) is 5.75 Å². The number of carbonyl (C=O) groups is 3. The Morgan fingerprint density at radius 3 is 2.30 bits per heavy atom. The van der Waals surface area contributed by atoms with Crippen LogP contribution in [-0.4, -0.2) is 56.0 Å². The molecular formula is C16H22N2O5. The molecule has 0 spiro atoms. The van der Waals surface area contributed by atoms with Gasteiger partial charge in [-0.15, -0.1) is 0 Å². The Bertz CT molecular complexity index is 542. The fourth-order valence-corrected chi connectivity index (χ4v) is 1.84. The van der Waals surface area contributed by atoms with Crippen molar-refractivity contribution in [2.75, 3.05) is 33.4 Å². The van der Waals surface area contributed by atoms with Gasteiger partial charge in [0.2, 0.25) is 5.91 Å². The molecule has 0 fully saturated rings. The fraction of sp³-hybridized carbons (Fsp3) is 0.438. The van der Waals surface area contributed by atoms with Gasteiger partial charge in [0.1, 0.15) is 5.75 Å². The molecule has 23 heavy (non-hydrogen) atoms. The second-order valence-electron chi connectivity index (χ2n) is 4.67. The number of hydrogen-bond donors (Lipinski definition) is 1. The topological polar surface area (TPSA) is 84.9 Å². The summed E-state index contributed by atoms with van der Waals surface area (Å²) < 4.78 is 9.98. The molecule has 1 aromatic rings. The summed E-state index contributed by atoms with van der Waals surface area (Å²) in [6, 6.07) is 6.27. The zero-order chi connectivity index (χ0) is 17.2. The molecular weight excluding hydrogens is 300 g/mol. The van der Waals surface area contributed by atoms with Gasteiger partial charge >= 0.3 is 5.97 Å². The van der Waals surface area contributed by atoms with Crippen LogP contribution in [0.4, 0.5) is 0 Å². The van der Waals surface area contributed by atoms with Gasteiger partial charge in [-0.25, -0.2) is 4.79 Å². The molecule has 0 saturated heterocycles. The van der Waals surface area contributed by atoms with E-state index in [1.54, 1.807) is 31.2 Å². The van der Waals surface area contributed by atoms with E-state index in [-0.39, 0.29) is 25.0 Å². The first-order chi connectivity index (χ1) is 11.0. The van der Waals surface area contributed by atoms with Crippen molar-refractivity contribution < 1.29 is 23.9 Å². The van der Waals surface area contributed by atoms with Gasteiger partial charge in [0, 0.05) is 13.1 Å². The molecule has 1 aromatic carbocycles. The SMILES string of the molecule is CCNC(=O)CN(CC)C(=O)COc1ccc(C(=O)OC)cc1. The number of nitrogens with zero attached hydrogens (tertiary/aromatic N) is 1. The normalized spacial score (nSPS) is 9.87. The Hall–Kier alpha value is -2.57. The Morgan fingerprint density at radius 2 is 1.78 bits per heavy atom. The average molecular weight is 322 g/mol. The first-order valence-electron chi connectivity index (χ1n) is 7.37. The third-order valence-electron chi connectivity index (χ3n) is 3.08. The number of ether oxygens (including phenoxy) is 2. The van der Waals surface area contributed by atoms with Crippen LogP contribution < -0.4 is 10.1 Å². The number of methoxy groups -OCH3 is 1. The lowest BCUT2D eigenvalue weighted by Crippen LogP contribution is -2.42. The number of carbonyl (C=O) groups excluding carboxylic acids is 3.